The van der Waals surface area contributed by atoms with Crippen LogP contribution >= 0.6 is 11.6 Å². The van der Waals surface area contributed by atoms with E-state index in [0.717, 1.165) is 16.8 Å². The zero-order chi connectivity index (χ0) is 24.6. The van der Waals surface area contributed by atoms with Crippen LogP contribution in [0.15, 0.2) is 43.2 Å². The second-order valence-corrected chi connectivity index (χ2v) is 8.96. The van der Waals surface area contributed by atoms with Gasteiger partial charge in [0.1, 0.15) is 17.9 Å². The first-order chi connectivity index (χ1) is 16.1. The molecule has 1 aliphatic rings. The van der Waals surface area contributed by atoms with Gasteiger partial charge in [0.25, 0.3) is 0 Å². The predicted molar refractivity (Wildman–Crippen MR) is 131 cm³/mol. The molecule has 0 aliphatic carbocycles. The van der Waals surface area contributed by atoms with Crippen LogP contribution in [0.2, 0.25) is 5.02 Å². The van der Waals surface area contributed by atoms with Gasteiger partial charge in [-0.3, -0.25) is 4.79 Å². The fourth-order valence-corrected chi connectivity index (χ4v) is 4.07. The molecule has 0 atom stereocenters. The number of ether oxygens (including phenoxy) is 1. The number of rotatable bonds is 6. The number of methoxy groups -OCH3 is 1. The highest BCUT2D eigenvalue weighted by Gasteiger charge is 2.38. The minimum atomic E-state index is -0.459. The van der Waals surface area contributed by atoms with E-state index in [-0.39, 0.29) is 22.3 Å². The second kappa shape index (κ2) is 8.90. The molecule has 10 heteroatoms. The van der Waals surface area contributed by atoms with Crippen LogP contribution in [0.3, 0.4) is 0 Å². The van der Waals surface area contributed by atoms with E-state index < -0.39 is 5.82 Å². The summed E-state index contributed by atoms with van der Waals surface area (Å²) >= 11 is 6.07. The minimum absolute atomic E-state index is 0.0346. The van der Waals surface area contributed by atoms with Gasteiger partial charge in [-0.2, -0.15) is 4.98 Å². The molecule has 0 saturated carbocycles. The number of amides is 1. The zero-order valence-corrected chi connectivity index (χ0v) is 20.0. The van der Waals surface area contributed by atoms with Gasteiger partial charge in [0.15, 0.2) is 0 Å². The lowest BCUT2D eigenvalue weighted by Crippen LogP contribution is -2.26. The Morgan fingerprint density at radius 1 is 1.26 bits per heavy atom. The van der Waals surface area contributed by atoms with Crippen molar-refractivity contribution in [2.75, 3.05) is 29.2 Å². The van der Waals surface area contributed by atoms with Crippen molar-refractivity contribution in [1.29, 1.82) is 0 Å². The van der Waals surface area contributed by atoms with Gasteiger partial charge in [-0.1, -0.05) is 32.0 Å². The molecular weight excluding hydrogens is 459 g/mol. The lowest BCUT2D eigenvalue weighted by atomic mass is 9.87. The molecule has 4 rings (SSSR count). The molecule has 0 fully saturated rings. The van der Waals surface area contributed by atoms with Crippen molar-refractivity contribution < 1.29 is 13.9 Å². The molecule has 0 unspecified atom stereocenters. The van der Waals surface area contributed by atoms with Crippen molar-refractivity contribution in [1.82, 2.24) is 15.0 Å². The molecule has 0 saturated heterocycles. The van der Waals surface area contributed by atoms with Gasteiger partial charge in [0.05, 0.1) is 17.8 Å². The molecule has 8 nitrogen and oxygen atoms in total. The number of fused-ring (bicyclic) bond motifs is 1. The van der Waals surface area contributed by atoms with Gasteiger partial charge in [-0.15, -0.1) is 0 Å². The van der Waals surface area contributed by atoms with Crippen molar-refractivity contribution in [2.24, 2.45) is 0 Å². The summed E-state index contributed by atoms with van der Waals surface area (Å²) in [5, 5.41) is 5.94. The smallest absolute Gasteiger partial charge is 0.247 e. The van der Waals surface area contributed by atoms with E-state index in [2.05, 4.69) is 32.2 Å². The molecule has 0 radical (unpaired) electrons. The van der Waals surface area contributed by atoms with Crippen molar-refractivity contribution >= 4 is 46.5 Å². The topological polar surface area (TPSA) is 92.3 Å². The molecule has 2 aromatic carbocycles. The molecule has 0 bridgehead atoms. The van der Waals surface area contributed by atoms with Crippen molar-refractivity contribution in [3.63, 3.8) is 0 Å². The van der Waals surface area contributed by atoms with E-state index >= 15 is 0 Å². The Bertz CT molecular complexity index is 1300. The third-order valence-electron chi connectivity index (χ3n) is 5.65. The summed E-state index contributed by atoms with van der Waals surface area (Å²) in [5.41, 5.74) is 3.20. The van der Waals surface area contributed by atoms with Crippen molar-refractivity contribution in [3.8, 4) is 5.75 Å². The monoisotopic (exact) mass is 482 g/mol. The van der Waals surface area contributed by atoms with Crippen molar-refractivity contribution in [3.05, 3.63) is 65.2 Å². The molecule has 0 spiro atoms. The molecule has 1 amide bonds. The first-order valence-corrected chi connectivity index (χ1v) is 10.9. The molecule has 2 heterocycles. The fourth-order valence-electron chi connectivity index (χ4n) is 3.91. The Balaban J connectivity index is 1.69. The van der Waals surface area contributed by atoms with Crippen LogP contribution in [-0.4, -0.2) is 34.5 Å². The number of nitrogens with zero attached hydrogens (tertiary/aromatic N) is 4. The number of benzene rings is 2. The van der Waals surface area contributed by atoms with Gasteiger partial charge >= 0.3 is 0 Å². The Morgan fingerprint density at radius 3 is 2.74 bits per heavy atom. The van der Waals surface area contributed by atoms with Crippen LogP contribution in [0.4, 0.5) is 33.3 Å². The van der Waals surface area contributed by atoms with E-state index in [1.165, 1.54) is 18.5 Å². The van der Waals surface area contributed by atoms with E-state index in [1.807, 2.05) is 25.7 Å². The zero-order valence-electron chi connectivity index (χ0n) is 19.2. The number of halogens is 2. The standard InChI is InChI=1S/C24H24ClFN6O2/c1-6-21(33)29-17-10-18(20(34-5)7-13(17)2)30-22-27-12-28-23(31-22)32-11-24(3,4)14-8-16(26)15(25)9-19(14)32/h6-10,12H,1,11H2,2-5H3,(H,29,33)(H,27,28,30,31). The highest BCUT2D eigenvalue weighted by Crippen LogP contribution is 2.45. The molecule has 2 N–H and O–H groups in total. The maximum Gasteiger partial charge on any atom is 0.247 e. The van der Waals surface area contributed by atoms with Crippen LogP contribution in [-0.2, 0) is 10.2 Å². The number of anilines is 5. The van der Waals surface area contributed by atoms with E-state index in [9.17, 15) is 9.18 Å². The van der Waals surface area contributed by atoms with E-state index in [0.29, 0.717) is 29.6 Å². The fraction of sp³-hybridized carbons (Fsp3) is 0.250. The summed E-state index contributed by atoms with van der Waals surface area (Å²) in [4.78, 5) is 26.8. The summed E-state index contributed by atoms with van der Waals surface area (Å²) in [6.07, 6.45) is 2.59. The molecule has 176 valence electrons. The lowest BCUT2D eigenvalue weighted by Gasteiger charge is -2.21. The molecule has 1 aliphatic heterocycles. The third-order valence-corrected chi connectivity index (χ3v) is 5.94. The van der Waals surface area contributed by atoms with E-state index in [1.54, 1.807) is 25.3 Å². The summed E-state index contributed by atoms with van der Waals surface area (Å²) in [5.74, 6) is 0.420. The molecular formula is C24H24ClFN6O2. The van der Waals surface area contributed by atoms with Gasteiger partial charge < -0.3 is 20.3 Å². The largest absolute Gasteiger partial charge is 0.495 e. The van der Waals surface area contributed by atoms with Gasteiger partial charge in [0, 0.05) is 23.3 Å². The van der Waals surface area contributed by atoms with Crippen molar-refractivity contribution in [2.45, 2.75) is 26.2 Å². The Morgan fingerprint density at radius 2 is 2.03 bits per heavy atom. The summed E-state index contributed by atoms with van der Waals surface area (Å²) < 4.78 is 19.6. The Labute approximate surface area is 201 Å². The molecule has 1 aromatic heterocycles. The Kier molecular flexibility index (Phi) is 6.14. The number of carbonyl (C=O) groups excluding carboxylic acids is 1. The Hall–Kier alpha value is -3.72. The lowest BCUT2D eigenvalue weighted by molar-refractivity contribution is -0.111. The SMILES string of the molecule is C=CC(=O)Nc1cc(Nc2ncnc(N3CC(C)(C)c4cc(F)c(Cl)cc43)n2)c(OC)cc1C. The average molecular weight is 483 g/mol. The highest BCUT2D eigenvalue weighted by atomic mass is 35.5. The molecule has 34 heavy (non-hydrogen) atoms. The number of aryl methyl sites for hydroxylation is 1. The van der Waals surface area contributed by atoms with Gasteiger partial charge in [-0.05, 0) is 48.4 Å². The number of hydrogen-bond acceptors (Lipinski definition) is 7. The average Bonchev–Trinajstić information content (AvgIpc) is 3.06. The number of carbonyl (C=O) groups is 1. The number of nitrogens with one attached hydrogen (secondary N) is 2. The van der Waals surface area contributed by atoms with Crippen LogP contribution < -0.4 is 20.3 Å². The summed E-state index contributed by atoms with van der Waals surface area (Å²) in [6.45, 7) is 9.92. The van der Waals surface area contributed by atoms with Crippen LogP contribution in [0.5, 0.6) is 5.75 Å². The number of hydrogen-bond donors (Lipinski definition) is 2. The minimum Gasteiger partial charge on any atom is -0.495 e. The first-order valence-electron chi connectivity index (χ1n) is 10.5. The maximum atomic E-state index is 14.1. The predicted octanol–water partition coefficient (Wildman–Crippen LogP) is 5.28. The van der Waals surface area contributed by atoms with Crippen LogP contribution in [0, 0.1) is 12.7 Å². The third kappa shape index (κ3) is 4.38. The molecule has 3 aromatic rings. The first kappa shape index (κ1) is 23.4. The highest BCUT2D eigenvalue weighted by molar-refractivity contribution is 6.31. The van der Waals surface area contributed by atoms with Crippen LogP contribution in [0.1, 0.15) is 25.0 Å². The summed E-state index contributed by atoms with van der Waals surface area (Å²) in [7, 11) is 1.55. The quantitative estimate of drug-likeness (QED) is 0.462. The van der Waals surface area contributed by atoms with Crippen LogP contribution in [0.25, 0.3) is 0 Å². The van der Waals surface area contributed by atoms with Gasteiger partial charge in [-0.25, -0.2) is 14.4 Å². The van der Waals surface area contributed by atoms with Gasteiger partial charge in [0.2, 0.25) is 17.8 Å². The second-order valence-electron chi connectivity index (χ2n) is 8.55. The summed E-state index contributed by atoms with van der Waals surface area (Å²) in [6, 6.07) is 6.58. The number of aromatic nitrogens is 3. The maximum absolute atomic E-state index is 14.1. The van der Waals surface area contributed by atoms with E-state index in [4.69, 9.17) is 16.3 Å². The normalized spacial score (nSPS) is 13.9.